The average Bonchev–Trinajstić information content (AvgIpc) is 3.23. The van der Waals surface area contributed by atoms with E-state index in [1.165, 1.54) is 12.1 Å². The maximum atomic E-state index is 13.3. The Balaban J connectivity index is 1.55. The Labute approximate surface area is 175 Å². The van der Waals surface area contributed by atoms with Crippen molar-refractivity contribution in [1.29, 1.82) is 0 Å². The summed E-state index contributed by atoms with van der Waals surface area (Å²) in [6, 6.07) is 6.00. The minimum absolute atomic E-state index is 0.217. The quantitative estimate of drug-likeness (QED) is 0.690. The lowest BCUT2D eigenvalue weighted by molar-refractivity contribution is -0.186. The summed E-state index contributed by atoms with van der Waals surface area (Å²) in [4.78, 5) is 58.3. The van der Waals surface area contributed by atoms with Crippen molar-refractivity contribution in [3.63, 3.8) is 0 Å². The van der Waals surface area contributed by atoms with Gasteiger partial charge in [-0.1, -0.05) is 23.6 Å². The molecule has 3 aliphatic rings. The van der Waals surface area contributed by atoms with Gasteiger partial charge in [0.2, 0.25) is 0 Å². The zero-order chi connectivity index (χ0) is 21.7. The van der Waals surface area contributed by atoms with Crippen LogP contribution < -0.4 is 0 Å². The molecule has 2 unspecified atom stereocenters. The second-order valence-electron chi connectivity index (χ2n) is 9.17. The molecule has 0 N–H and O–H groups in total. The standard InChI is InChI=1S/C22H26N2O6/c1-21(2,3)29-20(28)23-13-7-12-22(11-6-10-16(22)23)19(27)30-24-17(25)14-8-4-5-9-15(14)18(24)26/h4-5,8-9,16H,6-7,10-13H2,1-3H3. The van der Waals surface area contributed by atoms with Gasteiger partial charge in [-0.25, -0.2) is 9.59 Å². The number of hydrogen-bond acceptors (Lipinski definition) is 6. The molecule has 160 valence electrons. The third-order valence-corrected chi connectivity index (χ3v) is 6.10. The maximum absolute atomic E-state index is 13.3. The summed E-state index contributed by atoms with van der Waals surface area (Å²) in [5, 5.41) is 0.559. The fourth-order valence-corrected chi connectivity index (χ4v) is 4.82. The number of benzene rings is 1. The molecular formula is C22H26N2O6. The molecule has 2 heterocycles. The van der Waals surface area contributed by atoms with Gasteiger partial charge < -0.3 is 14.5 Å². The molecule has 1 aliphatic carbocycles. The normalized spacial score (nSPS) is 25.8. The molecule has 4 rings (SSSR count). The van der Waals surface area contributed by atoms with Gasteiger partial charge in [-0.2, -0.15) is 0 Å². The molecule has 0 radical (unpaired) electrons. The van der Waals surface area contributed by atoms with Gasteiger partial charge in [-0.05, 0) is 58.6 Å². The highest BCUT2D eigenvalue weighted by molar-refractivity contribution is 6.20. The summed E-state index contributed by atoms with van der Waals surface area (Å²) >= 11 is 0. The number of fused-ring (bicyclic) bond motifs is 2. The minimum atomic E-state index is -0.940. The number of piperidine rings is 1. The fourth-order valence-electron chi connectivity index (χ4n) is 4.82. The van der Waals surface area contributed by atoms with E-state index >= 15 is 0 Å². The number of amides is 3. The first-order valence-corrected chi connectivity index (χ1v) is 10.3. The Bertz CT molecular complexity index is 885. The third kappa shape index (κ3) is 3.24. The van der Waals surface area contributed by atoms with Crippen LogP contribution in [0.5, 0.6) is 0 Å². The van der Waals surface area contributed by atoms with E-state index in [4.69, 9.17) is 9.57 Å². The molecule has 3 amide bonds. The van der Waals surface area contributed by atoms with E-state index in [2.05, 4.69) is 0 Å². The number of hydrogen-bond donors (Lipinski definition) is 0. The summed E-state index contributed by atoms with van der Waals surface area (Å²) in [7, 11) is 0. The van der Waals surface area contributed by atoms with Crippen LogP contribution in [0, 0.1) is 5.41 Å². The van der Waals surface area contributed by atoms with Crippen molar-refractivity contribution in [3.05, 3.63) is 35.4 Å². The molecular weight excluding hydrogens is 388 g/mol. The number of rotatable bonds is 2. The molecule has 8 heteroatoms. The van der Waals surface area contributed by atoms with Crippen LogP contribution in [0.25, 0.3) is 0 Å². The second kappa shape index (κ2) is 7.11. The van der Waals surface area contributed by atoms with Crippen LogP contribution in [-0.4, -0.2) is 52.0 Å². The topological polar surface area (TPSA) is 93.2 Å². The van der Waals surface area contributed by atoms with E-state index in [-0.39, 0.29) is 17.2 Å². The van der Waals surface area contributed by atoms with Crippen molar-refractivity contribution >= 4 is 23.9 Å². The third-order valence-electron chi connectivity index (χ3n) is 6.10. The van der Waals surface area contributed by atoms with E-state index < -0.39 is 34.9 Å². The van der Waals surface area contributed by atoms with Crippen LogP contribution in [0.2, 0.25) is 0 Å². The highest BCUT2D eigenvalue weighted by Gasteiger charge is 2.57. The summed E-state index contributed by atoms with van der Waals surface area (Å²) in [5.74, 6) is -1.92. The van der Waals surface area contributed by atoms with Gasteiger partial charge in [0.1, 0.15) is 5.60 Å². The van der Waals surface area contributed by atoms with Crippen LogP contribution in [0.1, 0.15) is 73.6 Å². The van der Waals surface area contributed by atoms with Crippen LogP contribution >= 0.6 is 0 Å². The van der Waals surface area contributed by atoms with Gasteiger partial charge >= 0.3 is 12.1 Å². The van der Waals surface area contributed by atoms with Crippen molar-refractivity contribution in [3.8, 4) is 0 Å². The predicted octanol–water partition coefficient (Wildman–Crippen LogP) is 3.31. The molecule has 30 heavy (non-hydrogen) atoms. The van der Waals surface area contributed by atoms with Crippen molar-refractivity contribution < 1.29 is 28.8 Å². The van der Waals surface area contributed by atoms with Crippen molar-refractivity contribution in [1.82, 2.24) is 9.96 Å². The lowest BCUT2D eigenvalue weighted by Crippen LogP contribution is -2.57. The molecule has 2 fully saturated rings. The first-order valence-electron chi connectivity index (χ1n) is 10.3. The zero-order valence-electron chi connectivity index (χ0n) is 17.5. The first-order chi connectivity index (χ1) is 14.1. The monoisotopic (exact) mass is 414 g/mol. The Morgan fingerprint density at radius 3 is 2.23 bits per heavy atom. The van der Waals surface area contributed by atoms with Crippen molar-refractivity contribution in [2.24, 2.45) is 5.41 Å². The first kappa shape index (κ1) is 20.4. The SMILES string of the molecule is CC(C)(C)OC(=O)N1CCCC2(C(=O)ON3C(=O)c4ccccc4C3=O)CCCC12. The predicted molar refractivity (Wildman–Crippen MR) is 105 cm³/mol. The molecule has 2 atom stereocenters. The Hall–Kier alpha value is -2.90. The second-order valence-corrected chi connectivity index (χ2v) is 9.17. The van der Waals surface area contributed by atoms with E-state index in [1.54, 1.807) is 37.8 Å². The van der Waals surface area contributed by atoms with E-state index in [0.717, 1.165) is 6.42 Å². The van der Waals surface area contributed by atoms with Crippen LogP contribution in [-0.2, 0) is 14.4 Å². The fraction of sp³-hybridized carbons (Fsp3) is 0.545. The maximum Gasteiger partial charge on any atom is 0.410 e. The Morgan fingerprint density at radius 2 is 1.63 bits per heavy atom. The molecule has 0 bridgehead atoms. The summed E-state index contributed by atoms with van der Waals surface area (Å²) < 4.78 is 5.54. The van der Waals surface area contributed by atoms with Crippen LogP contribution in [0.3, 0.4) is 0 Å². The largest absolute Gasteiger partial charge is 0.444 e. The number of nitrogens with zero attached hydrogens (tertiary/aromatic N) is 2. The van der Waals surface area contributed by atoms with Gasteiger partial charge in [-0.15, -0.1) is 0 Å². The molecule has 1 saturated carbocycles. The summed E-state index contributed by atoms with van der Waals surface area (Å²) in [5.41, 5.74) is -1.15. The lowest BCUT2D eigenvalue weighted by atomic mass is 9.75. The number of likely N-dealkylation sites (tertiary alicyclic amines) is 1. The number of imide groups is 1. The molecule has 0 aromatic heterocycles. The summed E-state index contributed by atoms with van der Waals surface area (Å²) in [6.07, 6.45) is 2.65. The molecule has 1 aromatic carbocycles. The van der Waals surface area contributed by atoms with E-state index in [9.17, 15) is 19.2 Å². The number of carbonyl (C=O) groups excluding carboxylic acids is 4. The van der Waals surface area contributed by atoms with Gasteiger partial charge in [0, 0.05) is 6.54 Å². The van der Waals surface area contributed by atoms with Gasteiger partial charge in [0.05, 0.1) is 22.6 Å². The molecule has 0 spiro atoms. The Morgan fingerprint density at radius 1 is 1.03 bits per heavy atom. The smallest absolute Gasteiger partial charge is 0.410 e. The van der Waals surface area contributed by atoms with Gasteiger partial charge in [-0.3, -0.25) is 9.59 Å². The highest BCUT2D eigenvalue weighted by atomic mass is 16.7. The average molecular weight is 414 g/mol. The molecule has 1 saturated heterocycles. The lowest BCUT2D eigenvalue weighted by Gasteiger charge is -2.44. The highest BCUT2D eigenvalue weighted by Crippen LogP contribution is 2.49. The zero-order valence-corrected chi connectivity index (χ0v) is 17.5. The van der Waals surface area contributed by atoms with Crippen LogP contribution in [0.15, 0.2) is 24.3 Å². The molecule has 8 nitrogen and oxygen atoms in total. The Kier molecular flexibility index (Phi) is 4.83. The number of hydroxylamine groups is 2. The molecule has 1 aromatic rings. The van der Waals surface area contributed by atoms with E-state index in [1.807, 2.05) is 0 Å². The number of carbonyl (C=O) groups is 4. The van der Waals surface area contributed by atoms with Crippen molar-refractivity contribution in [2.75, 3.05) is 6.54 Å². The summed E-state index contributed by atoms with van der Waals surface area (Å²) in [6.45, 7) is 5.90. The molecule has 2 aliphatic heterocycles. The minimum Gasteiger partial charge on any atom is -0.444 e. The van der Waals surface area contributed by atoms with E-state index in [0.29, 0.717) is 37.3 Å². The van der Waals surface area contributed by atoms with Gasteiger partial charge in [0.15, 0.2) is 0 Å². The number of ether oxygens (including phenoxy) is 1. The van der Waals surface area contributed by atoms with Crippen LogP contribution in [0.4, 0.5) is 4.79 Å². The van der Waals surface area contributed by atoms with Gasteiger partial charge in [0.25, 0.3) is 11.8 Å². The van der Waals surface area contributed by atoms with Crippen molar-refractivity contribution in [2.45, 2.75) is 64.5 Å².